The van der Waals surface area contributed by atoms with Gasteiger partial charge in [0.25, 0.3) is 0 Å². The van der Waals surface area contributed by atoms with Crippen LogP contribution >= 0.6 is 7.60 Å². The third-order valence-corrected chi connectivity index (χ3v) is 5.45. The van der Waals surface area contributed by atoms with Crippen LogP contribution in [0.25, 0.3) is 0 Å². The fourth-order valence-corrected chi connectivity index (χ4v) is 3.51. The zero-order valence-corrected chi connectivity index (χ0v) is 15.8. The number of amides is 1. The lowest BCUT2D eigenvalue weighted by atomic mass is 10.1. The molecule has 1 amide bonds. The zero-order chi connectivity index (χ0) is 18.1. The molecule has 1 heterocycles. The molecule has 1 fully saturated rings. The number of carbonyl (C=O) groups excluding carboxylic acids is 1. The maximum atomic E-state index is 12.5. The first kappa shape index (κ1) is 20.4. The number of ether oxygens (including phenoxy) is 2. The Morgan fingerprint density at radius 3 is 2.35 bits per heavy atom. The predicted molar refractivity (Wildman–Crippen MR) is 84.4 cm³/mol. The Kier molecular flexibility index (Phi) is 6.27. The van der Waals surface area contributed by atoms with Crippen molar-refractivity contribution in [2.45, 2.75) is 58.1 Å². The normalized spacial score (nSPS) is 23.0. The van der Waals surface area contributed by atoms with Gasteiger partial charge in [-0.2, -0.15) is 0 Å². The summed E-state index contributed by atoms with van der Waals surface area (Å²) in [4.78, 5) is 13.8. The summed E-state index contributed by atoms with van der Waals surface area (Å²) in [7, 11) is -0.918. The van der Waals surface area contributed by atoms with E-state index in [0.29, 0.717) is 0 Å². The van der Waals surface area contributed by atoms with Gasteiger partial charge in [0.05, 0.1) is 24.9 Å². The van der Waals surface area contributed by atoms with Crippen molar-refractivity contribution in [3.8, 4) is 0 Å². The van der Waals surface area contributed by atoms with Gasteiger partial charge in [0, 0.05) is 14.2 Å². The van der Waals surface area contributed by atoms with Crippen LogP contribution in [-0.4, -0.2) is 66.6 Å². The average molecular weight is 353 g/mol. The topological polar surface area (TPSA) is 94.5 Å². The van der Waals surface area contributed by atoms with Gasteiger partial charge in [-0.1, -0.05) is 0 Å². The fourth-order valence-electron chi connectivity index (χ4n) is 2.36. The lowest BCUT2D eigenvalue weighted by Crippen LogP contribution is -2.54. The summed E-state index contributed by atoms with van der Waals surface area (Å²) in [5.41, 5.74) is -1.63. The van der Waals surface area contributed by atoms with E-state index >= 15 is 0 Å². The molecule has 2 atom stereocenters. The molecule has 23 heavy (non-hydrogen) atoms. The molecule has 0 aromatic rings. The first-order valence-electron chi connectivity index (χ1n) is 7.40. The minimum absolute atomic E-state index is 0.0981. The summed E-state index contributed by atoms with van der Waals surface area (Å²) in [6, 6.07) is -0.710. The predicted octanol–water partition coefficient (Wildman–Crippen LogP) is 2.21. The van der Waals surface area contributed by atoms with E-state index in [2.05, 4.69) is 0 Å². The van der Waals surface area contributed by atoms with E-state index < -0.39 is 37.2 Å². The Labute approximate surface area is 137 Å². The van der Waals surface area contributed by atoms with Gasteiger partial charge in [0.1, 0.15) is 11.3 Å². The number of hydrogen-bond donors (Lipinski definition) is 1. The van der Waals surface area contributed by atoms with Crippen LogP contribution in [0, 0.1) is 0 Å². The van der Waals surface area contributed by atoms with E-state index in [1.54, 1.807) is 34.6 Å². The molecule has 0 aliphatic carbocycles. The molecule has 0 aromatic carbocycles. The van der Waals surface area contributed by atoms with Crippen LogP contribution in [0.2, 0.25) is 0 Å². The number of hydrogen-bond acceptors (Lipinski definition) is 7. The molecule has 136 valence electrons. The summed E-state index contributed by atoms with van der Waals surface area (Å²) >= 11 is 0. The highest BCUT2D eigenvalue weighted by Gasteiger charge is 2.49. The lowest BCUT2D eigenvalue weighted by molar-refractivity contribution is -0.0671. The van der Waals surface area contributed by atoms with Crippen LogP contribution in [0.4, 0.5) is 4.79 Å². The van der Waals surface area contributed by atoms with Crippen molar-refractivity contribution in [1.82, 2.24) is 4.90 Å². The maximum absolute atomic E-state index is 12.5. The molecule has 1 aliphatic heterocycles. The largest absolute Gasteiger partial charge is 0.444 e. The van der Waals surface area contributed by atoms with Gasteiger partial charge < -0.3 is 23.6 Å². The number of aliphatic hydroxyl groups excluding tert-OH is 1. The van der Waals surface area contributed by atoms with Crippen molar-refractivity contribution < 1.29 is 33.0 Å². The molecule has 0 spiro atoms. The van der Waals surface area contributed by atoms with Gasteiger partial charge in [-0.05, 0) is 34.6 Å². The first-order chi connectivity index (χ1) is 10.4. The summed E-state index contributed by atoms with van der Waals surface area (Å²) in [5, 5.41) is 10.4. The molecule has 0 aromatic heterocycles. The average Bonchev–Trinajstić information content (AvgIpc) is 2.72. The SMILES string of the molecule is COP(=O)(CC(O)[C@@H]1COC(C)(C)N1C(=O)OC(C)(C)C)OC. The third-order valence-electron chi connectivity index (χ3n) is 3.52. The van der Waals surface area contributed by atoms with Gasteiger partial charge in [0.15, 0.2) is 0 Å². The van der Waals surface area contributed by atoms with Gasteiger partial charge in [0.2, 0.25) is 0 Å². The molecular formula is C14H28NO7P. The van der Waals surface area contributed by atoms with Crippen LogP contribution in [0.1, 0.15) is 34.6 Å². The first-order valence-corrected chi connectivity index (χ1v) is 9.13. The summed E-state index contributed by atoms with van der Waals surface area (Å²) in [5.74, 6) is 0. The Balaban J connectivity index is 2.96. The Morgan fingerprint density at radius 2 is 1.91 bits per heavy atom. The van der Waals surface area contributed by atoms with E-state index in [0.717, 1.165) is 0 Å². The maximum Gasteiger partial charge on any atom is 0.412 e. The molecule has 1 N–H and O–H groups in total. The van der Waals surface area contributed by atoms with Crippen LogP contribution < -0.4 is 0 Å². The van der Waals surface area contributed by atoms with Crippen molar-refractivity contribution in [2.24, 2.45) is 0 Å². The zero-order valence-electron chi connectivity index (χ0n) is 14.9. The molecular weight excluding hydrogens is 325 g/mol. The molecule has 8 nitrogen and oxygen atoms in total. The lowest BCUT2D eigenvalue weighted by Gasteiger charge is -2.36. The Bertz CT molecular complexity index is 466. The summed E-state index contributed by atoms with van der Waals surface area (Å²) in [6.07, 6.45) is -1.99. The fraction of sp³-hybridized carbons (Fsp3) is 0.929. The van der Waals surface area contributed by atoms with Gasteiger partial charge in [-0.15, -0.1) is 0 Å². The molecule has 0 saturated carbocycles. The standard InChI is InChI=1S/C14H28NO7P/c1-13(2,3)22-12(17)15-10(8-21-14(15,4)5)11(16)9-23(18,19-6)20-7/h10-11,16H,8-9H2,1-7H3/t10-,11?/m0/s1. The number of rotatable bonds is 5. The van der Waals surface area contributed by atoms with E-state index in [9.17, 15) is 14.5 Å². The second-order valence-corrected chi connectivity index (χ2v) is 9.22. The van der Waals surface area contributed by atoms with Gasteiger partial charge in [-0.25, -0.2) is 4.79 Å². The van der Waals surface area contributed by atoms with Crippen molar-refractivity contribution >= 4 is 13.7 Å². The molecule has 1 unspecified atom stereocenters. The van der Waals surface area contributed by atoms with E-state index in [1.165, 1.54) is 19.1 Å². The molecule has 1 rings (SSSR count). The van der Waals surface area contributed by atoms with Crippen LogP contribution in [0.15, 0.2) is 0 Å². The smallest absolute Gasteiger partial charge is 0.412 e. The van der Waals surface area contributed by atoms with E-state index in [4.69, 9.17) is 18.5 Å². The van der Waals surface area contributed by atoms with Crippen LogP contribution in [0.5, 0.6) is 0 Å². The van der Waals surface area contributed by atoms with Crippen LogP contribution in [-0.2, 0) is 23.1 Å². The van der Waals surface area contributed by atoms with Crippen molar-refractivity contribution in [1.29, 1.82) is 0 Å². The van der Waals surface area contributed by atoms with Crippen molar-refractivity contribution in [3.05, 3.63) is 0 Å². The Hall–Kier alpha value is -0.660. The summed E-state index contributed by atoms with van der Waals surface area (Å²) in [6.45, 7) is 8.77. The number of carbonyl (C=O) groups is 1. The van der Waals surface area contributed by atoms with E-state index in [-0.39, 0.29) is 12.8 Å². The molecule has 0 bridgehead atoms. The van der Waals surface area contributed by atoms with Gasteiger partial charge >= 0.3 is 13.7 Å². The Morgan fingerprint density at radius 1 is 1.39 bits per heavy atom. The number of aliphatic hydroxyl groups is 1. The van der Waals surface area contributed by atoms with Crippen LogP contribution in [0.3, 0.4) is 0 Å². The molecule has 1 saturated heterocycles. The van der Waals surface area contributed by atoms with Gasteiger partial charge in [-0.3, -0.25) is 9.46 Å². The minimum atomic E-state index is -3.41. The molecule has 0 radical (unpaired) electrons. The molecule has 9 heteroatoms. The monoisotopic (exact) mass is 353 g/mol. The highest BCUT2D eigenvalue weighted by atomic mass is 31.2. The minimum Gasteiger partial charge on any atom is -0.444 e. The number of nitrogens with zero attached hydrogens (tertiary/aromatic N) is 1. The van der Waals surface area contributed by atoms with Crippen molar-refractivity contribution in [3.63, 3.8) is 0 Å². The highest BCUT2D eigenvalue weighted by Crippen LogP contribution is 2.48. The second kappa shape index (κ2) is 7.07. The second-order valence-electron chi connectivity index (χ2n) is 6.90. The molecule has 1 aliphatic rings. The summed E-state index contributed by atoms with van der Waals surface area (Å²) < 4.78 is 32.9. The highest BCUT2D eigenvalue weighted by molar-refractivity contribution is 7.53. The van der Waals surface area contributed by atoms with Crippen molar-refractivity contribution in [2.75, 3.05) is 27.0 Å². The third kappa shape index (κ3) is 5.16. The van der Waals surface area contributed by atoms with E-state index in [1.807, 2.05) is 0 Å². The quantitative estimate of drug-likeness (QED) is 0.757.